The molecule has 0 saturated carbocycles. The molecule has 3 aromatic rings. The first-order valence-corrected chi connectivity index (χ1v) is 10.6. The lowest BCUT2D eigenvalue weighted by atomic mass is 9.94. The normalized spacial score (nSPS) is 14.7. The van der Waals surface area contributed by atoms with E-state index >= 15 is 0 Å². The average molecular weight is 431 g/mol. The highest BCUT2D eigenvalue weighted by Gasteiger charge is 2.29. The Bertz CT molecular complexity index is 1080. The molecule has 1 aliphatic rings. The van der Waals surface area contributed by atoms with Crippen molar-refractivity contribution in [1.82, 2.24) is 5.32 Å². The summed E-state index contributed by atoms with van der Waals surface area (Å²) in [6, 6.07) is 24.1. The summed E-state index contributed by atoms with van der Waals surface area (Å²) in [4.78, 5) is 15.2. The summed E-state index contributed by atoms with van der Waals surface area (Å²) in [7, 11) is 0. The van der Waals surface area contributed by atoms with Gasteiger partial charge in [0.1, 0.15) is 12.4 Å². The van der Waals surface area contributed by atoms with E-state index in [9.17, 15) is 10.1 Å². The van der Waals surface area contributed by atoms with Gasteiger partial charge in [0.15, 0.2) is 17.6 Å². The molecule has 3 aromatic carbocycles. The van der Waals surface area contributed by atoms with Gasteiger partial charge in [0.25, 0.3) is 5.69 Å². The van der Waals surface area contributed by atoms with Crippen LogP contribution in [0.1, 0.15) is 24.0 Å². The van der Waals surface area contributed by atoms with E-state index in [1.165, 1.54) is 12.1 Å². The summed E-state index contributed by atoms with van der Waals surface area (Å²) in [6.07, 6.45) is -0.388. The Morgan fingerprint density at radius 3 is 2.34 bits per heavy atom. The molecule has 0 bridgehead atoms. The lowest BCUT2D eigenvalue weighted by Crippen LogP contribution is -2.39. The Balaban J connectivity index is 1.56. The minimum absolute atomic E-state index is 0.0643. The highest BCUT2D eigenvalue weighted by Crippen LogP contribution is 2.32. The second-order valence-corrected chi connectivity index (χ2v) is 7.59. The lowest BCUT2D eigenvalue weighted by molar-refractivity contribution is -0.384. The van der Waals surface area contributed by atoms with Crippen LogP contribution in [0.3, 0.4) is 0 Å². The lowest BCUT2D eigenvalue weighted by Gasteiger charge is -2.27. The minimum Gasteiger partial charge on any atom is -0.485 e. The van der Waals surface area contributed by atoms with Crippen LogP contribution < -0.4 is 14.8 Å². The number of nitrogens with one attached hydrogen (secondary N) is 1. The maximum atomic E-state index is 11.0. The number of nitrogens with zero attached hydrogens (tertiary/aromatic N) is 2. The maximum Gasteiger partial charge on any atom is 0.269 e. The van der Waals surface area contributed by atoms with Gasteiger partial charge in [-0.05, 0) is 23.3 Å². The van der Waals surface area contributed by atoms with E-state index < -0.39 is 4.92 Å². The number of amidine groups is 1. The van der Waals surface area contributed by atoms with Crippen LogP contribution in [-0.2, 0) is 6.61 Å². The molecule has 2 atom stereocenters. The van der Waals surface area contributed by atoms with Gasteiger partial charge in [-0.1, -0.05) is 61.5 Å². The maximum absolute atomic E-state index is 11.0. The van der Waals surface area contributed by atoms with Crippen LogP contribution in [0.5, 0.6) is 11.5 Å². The first-order chi connectivity index (χ1) is 15.6. The molecular formula is C25H25N3O4. The second kappa shape index (κ2) is 9.96. The highest BCUT2D eigenvalue weighted by atomic mass is 16.6. The third-order valence-electron chi connectivity index (χ3n) is 5.39. The number of para-hydroxylation sites is 2. The summed E-state index contributed by atoms with van der Waals surface area (Å²) in [6.45, 7) is 3.91. The molecule has 2 unspecified atom stereocenters. The highest BCUT2D eigenvalue weighted by molar-refractivity contribution is 5.89. The monoisotopic (exact) mass is 431 g/mol. The standard InChI is InChI=1S/C25H25N3O4/c1-18(20-11-13-21(14-12-20)28(29)30)24(25-26-15-16-27-25)32-23-10-6-5-9-22(23)31-17-19-7-3-2-4-8-19/h2-14,18,24H,15-17H2,1H3,(H,26,27). The van der Waals surface area contributed by atoms with Gasteiger partial charge in [0, 0.05) is 24.6 Å². The summed E-state index contributed by atoms with van der Waals surface area (Å²) < 4.78 is 12.5. The van der Waals surface area contributed by atoms with Crippen molar-refractivity contribution in [3.8, 4) is 11.5 Å². The first-order valence-electron chi connectivity index (χ1n) is 10.6. The zero-order chi connectivity index (χ0) is 22.3. The predicted molar refractivity (Wildman–Crippen MR) is 123 cm³/mol. The molecule has 0 saturated heterocycles. The van der Waals surface area contributed by atoms with Gasteiger partial charge in [-0.25, -0.2) is 0 Å². The first kappa shape index (κ1) is 21.4. The number of nitro groups is 1. The number of hydrogen-bond acceptors (Lipinski definition) is 6. The van der Waals surface area contributed by atoms with E-state index in [4.69, 9.17) is 9.47 Å². The van der Waals surface area contributed by atoms with E-state index in [1.807, 2.05) is 61.5 Å². The Hall–Kier alpha value is -3.87. The van der Waals surface area contributed by atoms with Crippen molar-refractivity contribution >= 4 is 11.5 Å². The Morgan fingerprint density at radius 1 is 1.00 bits per heavy atom. The van der Waals surface area contributed by atoms with Gasteiger partial charge < -0.3 is 14.8 Å². The number of ether oxygens (including phenoxy) is 2. The summed E-state index contributed by atoms with van der Waals surface area (Å²) in [5, 5.41) is 14.3. The van der Waals surface area contributed by atoms with E-state index in [0.717, 1.165) is 23.5 Å². The number of benzene rings is 3. The molecule has 32 heavy (non-hydrogen) atoms. The molecule has 7 nitrogen and oxygen atoms in total. The Labute approximate surface area is 186 Å². The SMILES string of the molecule is CC(c1ccc([N+](=O)[O-])cc1)C(Oc1ccccc1OCc1ccccc1)C1=NCCN1. The van der Waals surface area contributed by atoms with Crippen molar-refractivity contribution in [2.75, 3.05) is 13.1 Å². The fraction of sp³-hybridized carbons (Fsp3) is 0.240. The largest absolute Gasteiger partial charge is 0.485 e. The average Bonchev–Trinajstić information content (AvgIpc) is 3.37. The summed E-state index contributed by atoms with van der Waals surface area (Å²) in [5.74, 6) is 1.95. The number of nitro benzene ring substituents is 1. The number of rotatable bonds is 9. The van der Waals surface area contributed by atoms with E-state index in [0.29, 0.717) is 24.7 Å². The molecule has 164 valence electrons. The summed E-state index contributed by atoms with van der Waals surface area (Å²) >= 11 is 0. The van der Waals surface area contributed by atoms with Gasteiger partial charge in [0.05, 0.1) is 11.5 Å². The van der Waals surface area contributed by atoms with E-state index in [-0.39, 0.29) is 17.7 Å². The van der Waals surface area contributed by atoms with Gasteiger partial charge in [-0.2, -0.15) is 0 Å². The van der Waals surface area contributed by atoms with E-state index in [2.05, 4.69) is 10.3 Å². The molecule has 0 fully saturated rings. The number of hydrogen-bond donors (Lipinski definition) is 1. The number of aliphatic imine (C=N–C) groups is 1. The van der Waals surface area contributed by atoms with Crippen LogP contribution in [0.4, 0.5) is 5.69 Å². The molecule has 0 spiro atoms. The van der Waals surface area contributed by atoms with Crippen LogP contribution in [0.25, 0.3) is 0 Å². The molecule has 1 aliphatic heterocycles. The molecule has 0 radical (unpaired) electrons. The van der Waals surface area contributed by atoms with E-state index in [1.54, 1.807) is 12.1 Å². The van der Waals surface area contributed by atoms with Gasteiger partial charge >= 0.3 is 0 Å². The van der Waals surface area contributed by atoms with Crippen molar-refractivity contribution in [3.05, 3.63) is 100 Å². The molecule has 7 heteroatoms. The fourth-order valence-electron chi connectivity index (χ4n) is 3.61. The molecule has 4 rings (SSSR count). The van der Waals surface area contributed by atoms with Crippen LogP contribution in [0, 0.1) is 10.1 Å². The molecule has 0 amide bonds. The quantitative estimate of drug-likeness (QED) is 0.391. The Kier molecular flexibility index (Phi) is 6.65. The van der Waals surface area contributed by atoms with Crippen LogP contribution >= 0.6 is 0 Å². The second-order valence-electron chi connectivity index (χ2n) is 7.59. The molecule has 1 N–H and O–H groups in total. The van der Waals surface area contributed by atoms with Crippen LogP contribution in [-0.4, -0.2) is 30.0 Å². The van der Waals surface area contributed by atoms with Gasteiger partial charge in [-0.15, -0.1) is 0 Å². The fourth-order valence-corrected chi connectivity index (χ4v) is 3.61. The van der Waals surface area contributed by atoms with Crippen LogP contribution in [0.2, 0.25) is 0 Å². The predicted octanol–water partition coefficient (Wildman–Crippen LogP) is 4.73. The minimum atomic E-state index is -0.397. The topological polar surface area (TPSA) is 86.0 Å². The zero-order valence-corrected chi connectivity index (χ0v) is 17.8. The Morgan fingerprint density at radius 2 is 1.69 bits per heavy atom. The third-order valence-corrected chi connectivity index (χ3v) is 5.39. The van der Waals surface area contributed by atoms with Crippen molar-refractivity contribution in [1.29, 1.82) is 0 Å². The van der Waals surface area contributed by atoms with Crippen molar-refractivity contribution in [2.45, 2.75) is 25.6 Å². The van der Waals surface area contributed by atoms with Crippen LogP contribution in [0.15, 0.2) is 83.9 Å². The zero-order valence-electron chi connectivity index (χ0n) is 17.8. The molecular weight excluding hydrogens is 406 g/mol. The molecule has 0 aliphatic carbocycles. The smallest absolute Gasteiger partial charge is 0.269 e. The summed E-state index contributed by atoms with van der Waals surface area (Å²) in [5.41, 5.74) is 2.06. The van der Waals surface area contributed by atoms with Gasteiger partial charge in [0.2, 0.25) is 0 Å². The number of non-ortho nitro benzene ring substituents is 1. The van der Waals surface area contributed by atoms with Gasteiger partial charge in [-0.3, -0.25) is 15.1 Å². The van der Waals surface area contributed by atoms with Crippen molar-refractivity contribution < 1.29 is 14.4 Å². The van der Waals surface area contributed by atoms with Crippen molar-refractivity contribution in [3.63, 3.8) is 0 Å². The molecule has 1 heterocycles. The third kappa shape index (κ3) is 5.06. The molecule has 0 aromatic heterocycles. The van der Waals surface area contributed by atoms with Crippen molar-refractivity contribution in [2.24, 2.45) is 4.99 Å².